The summed E-state index contributed by atoms with van der Waals surface area (Å²) >= 11 is 0. The summed E-state index contributed by atoms with van der Waals surface area (Å²) < 4.78 is 13.8. The van der Waals surface area contributed by atoms with Crippen LogP contribution in [0.2, 0.25) is 0 Å². The number of nitrogens with one attached hydrogen (secondary N) is 4. The number of hydrogen-bond acceptors (Lipinski definition) is 5. The zero-order chi connectivity index (χ0) is 16.8. The minimum absolute atomic E-state index is 0.102. The minimum Gasteiger partial charge on any atom is -0.382 e. The third-order valence-electron chi connectivity index (χ3n) is 3.92. The van der Waals surface area contributed by atoms with Gasteiger partial charge in [-0.15, -0.1) is 0 Å². The summed E-state index contributed by atoms with van der Waals surface area (Å²) in [7, 11) is 0. The number of anilines is 1. The molecule has 6 nitrogen and oxygen atoms in total. The molecule has 2 aromatic rings. The molecule has 2 unspecified atom stereocenters. The highest BCUT2D eigenvalue weighted by Crippen LogP contribution is 2.24. The fourth-order valence-electron chi connectivity index (χ4n) is 2.67. The Morgan fingerprint density at radius 3 is 2.88 bits per heavy atom. The van der Waals surface area contributed by atoms with E-state index in [4.69, 9.17) is 0 Å². The van der Waals surface area contributed by atoms with E-state index < -0.39 is 0 Å². The van der Waals surface area contributed by atoms with E-state index in [0.29, 0.717) is 25.1 Å². The standard InChI is InChI=1S/C17H20FN5O/c18-14-6-2-1-5-13(14)15-10-16(23-22-15)17(24)21-9-8-20-12-4-3-7-19-11-12/h1-7,11,15-16,20,22-23H,8-10H2,(H,21,24). The van der Waals surface area contributed by atoms with Gasteiger partial charge in [0.2, 0.25) is 5.91 Å². The van der Waals surface area contributed by atoms with Crippen molar-refractivity contribution < 1.29 is 9.18 Å². The fraction of sp³-hybridized carbons (Fsp3) is 0.294. The lowest BCUT2D eigenvalue weighted by atomic mass is 10.0. The van der Waals surface area contributed by atoms with Crippen LogP contribution in [0.25, 0.3) is 0 Å². The van der Waals surface area contributed by atoms with Gasteiger partial charge in [-0.05, 0) is 24.6 Å². The molecule has 0 spiro atoms. The summed E-state index contributed by atoms with van der Waals surface area (Å²) in [6, 6.07) is 9.76. The molecule has 0 radical (unpaired) electrons. The average Bonchev–Trinajstić information content (AvgIpc) is 3.10. The van der Waals surface area contributed by atoms with Crippen LogP contribution in [0.4, 0.5) is 10.1 Å². The Morgan fingerprint density at radius 1 is 1.21 bits per heavy atom. The number of rotatable bonds is 6. The molecule has 2 atom stereocenters. The van der Waals surface area contributed by atoms with E-state index in [2.05, 4.69) is 26.5 Å². The van der Waals surface area contributed by atoms with Gasteiger partial charge in [0.25, 0.3) is 0 Å². The van der Waals surface area contributed by atoms with Crippen molar-refractivity contribution in [3.63, 3.8) is 0 Å². The topological polar surface area (TPSA) is 78.1 Å². The molecule has 1 saturated heterocycles. The van der Waals surface area contributed by atoms with Crippen LogP contribution < -0.4 is 21.5 Å². The summed E-state index contributed by atoms with van der Waals surface area (Å²) in [4.78, 5) is 16.2. The highest BCUT2D eigenvalue weighted by atomic mass is 19.1. The first-order chi connectivity index (χ1) is 11.7. The maximum Gasteiger partial charge on any atom is 0.238 e. The zero-order valence-electron chi connectivity index (χ0n) is 13.1. The van der Waals surface area contributed by atoms with Crippen molar-refractivity contribution in [1.82, 2.24) is 21.2 Å². The molecule has 24 heavy (non-hydrogen) atoms. The second kappa shape index (κ2) is 7.85. The number of amides is 1. The Balaban J connectivity index is 1.43. The molecule has 0 bridgehead atoms. The van der Waals surface area contributed by atoms with Gasteiger partial charge in [-0.1, -0.05) is 18.2 Å². The normalized spacial score (nSPS) is 19.9. The van der Waals surface area contributed by atoms with Gasteiger partial charge < -0.3 is 10.6 Å². The van der Waals surface area contributed by atoms with Gasteiger partial charge in [0.1, 0.15) is 11.9 Å². The Kier molecular flexibility index (Phi) is 5.35. The monoisotopic (exact) mass is 329 g/mol. The van der Waals surface area contributed by atoms with Crippen LogP contribution in [-0.4, -0.2) is 30.0 Å². The fourth-order valence-corrected chi connectivity index (χ4v) is 2.67. The lowest BCUT2D eigenvalue weighted by Crippen LogP contribution is -2.44. The molecule has 126 valence electrons. The van der Waals surface area contributed by atoms with Gasteiger partial charge in [0.15, 0.2) is 0 Å². The lowest BCUT2D eigenvalue weighted by molar-refractivity contribution is -0.122. The smallest absolute Gasteiger partial charge is 0.238 e. The highest BCUT2D eigenvalue weighted by Gasteiger charge is 2.31. The molecule has 1 aliphatic rings. The van der Waals surface area contributed by atoms with E-state index in [0.717, 1.165) is 5.69 Å². The molecule has 1 fully saturated rings. The van der Waals surface area contributed by atoms with Crippen LogP contribution in [0.1, 0.15) is 18.0 Å². The van der Waals surface area contributed by atoms with Crippen LogP contribution in [0.5, 0.6) is 0 Å². The van der Waals surface area contributed by atoms with Gasteiger partial charge in [0, 0.05) is 31.0 Å². The Morgan fingerprint density at radius 2 is 2.08 bits per heavy atom. The van der Waals surface area contributed by atoms with E-state index in [1.165, 1.54) is 6.07 Å². The Bertz CT molecular complexity index is 682. The molecule has 3 rings (SSSR count). The molecule has 0 saturated carbocycles. The van der Waals surface area contributed by atoms with Crippen LogP contribution >= 0.6 is 0 Å². The van der Waals surface area contributed by atoms with E-state index in [-0.39, 0.29) is 23.8 Å². The maximum atomic E-state index is 13.8. The minimum atomic E-state index is -0.381. The van der Waals surface area contributed by atoms with Gasteiger partial charge in [0.05, 0.1) is 11.7 Å². The quantitative estimate of drug-likeness (QED) is 0.602. The van der Waals surface area contributed by atoms with Crippen molar-refractivity contribution in [1.29, 1.82) is 0 Å². The van der Waals surface area contributed by atoms with Gasteiger partial charge >= 0.3 is 0 Å². The SMILES string of the molecule is O=C(NCCNc1cccnc1)C1CC(c2ccccc2F)NN1. The van der Waals surface area contributed by atoms with E-state index in [9.17, 15) is 9.18 Å². The van der Waals surface area contributed by atoms with E-state index in [1.54, 1.807) is 30.6 Å². The third kappa shape index (κ3) is 4.06. The first-order valence-electron chi connectivity index (χ1n) is 7.91. The van der Waals surface area contributed by atoms with Crippen LogP contribution in [-0.2, 0) is 4.79 Å². The molecule has 1 aliphatic heterocycles. The first-order valence-corrected chi connectivity index (χ1v) is 7.91. The van der Waals surface area contributed by atoms with Gasteiger partial charge in [-0.3, -0.25) is 9.78 Å². The number of aromatic nitrogens is 1. The zero-order valence-corrected chi connectivity index (χ0v) is 13.1. The third-order valence-corrected chi connectivity index (χ3v) is 3.92. The second-order valence-corrected chi connectivity index (χ2v) is 5.61. The number of nitrogens with zero attached hydrogens (tertiary/aromatic N) is 1. The van der Waals surface area contributed by atoms with Crippen molar-refractivity contribution in [2.24, 2.45) is 0 Å². The highest BCUT2D eigenvalue weighted by molar-refractivity contribution is 5.82. The number of halogens is 1. The largest absolute Gasteiger partial charge is 0.382 e. The average molecular weight is 329 g/mol. The lowest BCUT2D eigenvalue weighted by Gasteiger charge is -2.12. The van der Waals surface area contributed by atoms with Crippen molar-refractivity contribution in [2.75, 3.05) is 18.4 Å². The van der Waals surface area contributed by atoms with Crippen molar-refractivity contribution in [2.45, 2.75) is 18.5 Å². The van der Waals surface area contributed by atoms with E-state index >= 15 is 0 Å². The number of pyridine rings is 1. The molecule has 4 N–H and O–H groups in total. The predicted octanol–water partition coefficient (Wildman–Crippen LogP) is 1.36. The summed E-state index contributed by atoms with van der Waals surface area (Å²) in [6.07, 6.45) is 3.93. The summed E-state index contributed by atoms with van der Waals surface area (Å²) in [5.74, 6) is -0.368. The van der Waals surface area contributed by atoms with Crippen LogP contribution in [0, 0.1) is 5.82 Å². The van der Waals surface area contributed by atoms with Gasteiger partial charge in [-0.2, -0.15) is 0 Å². The summed E-state index contributed by atoms with van der Waals surface area (Å²) in [6.45, 7) is 1.10. The maximum absolute atomic E-state index is 13.8. The Hall–Kier alpha value is -2.51. The number of carbonyl (C=O) groups is 1. The van der Waals surface area contributed by atoms with Crippen molar-refractivity contribution in [3.8, 4) is 0 Å². The Labute approximate surface area is 139 Å². The number of carbonyl (C=O) groups excluding carboxylic acids is 1. The van der Waals surface area contributed by atoms with Gasteiger partial charge in [-0.25, -0.2) is 15.2 Å². The summed E-state index contributed by atoms with van der Waals surface area (Å²) in [5, 5.41) is 6.03. The molecule has 2 heterocycles. The van der Waals surface area contributed by atoms with Crippen molar-refractivity contribution in [3.05, 3.63) is 60.2 Å². The second-order valence-electron chi connectivity index (χ2n) is 5.61. The molecular weight excluding hydrogens is 309 g/mol. The molecule has 1 aromatic heterocycles. The van der Waals surface area contributed by atoms with Crippen molar-refractivity contribution >= 4 is 11.6 Å². The molecule has 1 aromatic carbocycles. The molecule has 7 heteroatoms. The van der Waals surface area contributed by atoms with Crippen LogP contribution in [0.15, 0.2) is 48.8 Å². The number of hydrazine groups is 1. The van der Waals surface area contributed by atoms with E-state index in [1.807, 2.05) is 12.1 Å². The predicted molar refractivity (Wildman–Crippen MR) is 89.6 cm³/mol. The molecular formula is C17H20FN5O. The summed E-state index contributed by atoms with van der Waals surface area (Å²) in [5.41, 5.74) is 7.40. The van der Waals surface area contributed by atoms with Crippen LogP contribution in [0.3, 0.4) is 0 Å². The number of hydrogen-bond donors (Lipinski definition) is 4. The number of benzene rings is 1. The first kappa shape index (κ1) is 16.4. The molecule has 1 amide bonds. The molecule has 0 aliphatic carbocycles.